The minimum absolute atomic E-state index is 0.0450. The fourth-order valence-electron chi connectivity index (χ4n) is 1.28. The average molecular weight is 190 g/mol. The van der Waals surface area contributed by atoms with Gasteiger partial charge >= 0.3 is 0 Å². The summed E-state index contributed by atoms with van der Waals surface area (Å²) >= 11 is 0. The smallest absolute Gasteiger partial charge is 0.197 e. The molecule has 0 unspecified atom stereocenters. The molecule has 0 spiro atoms. The third-order valence-corrected chi connectivity index (χ3v) is 2.15. The van der Waals surface area contributed by atoms with E-state index in [2.05, 4.69) is 0 Å². The predicted octanol–water partition coefficient (Wildman–Crippen LogP) is 3.12. The zero-order valence-electron chi connectivity index (χ0n) is 6.58. The first kappa shape index (κ1) is 8.53. The van der Waals surface area contributed by atoms with E-state index in [1.165, 1.54) is 0 Å². The highest BCUT2D eigenvalue weighted by molar-refractivity contribution is 5.28. The van der Waals surface area contributed by atoms with Crippen LogP contribution < -0.4 is 0 Å². The summed E-state index contributed by atoms with van der Waals surface area (Å²) in [6.45, 7) is 0. The van der Waals surface area contributed by atoms with Gasteiger partial charge in [0.1, 0.15) is 0 Å². The van der Waals surface area contributed by atoms with Crippen molar-refractivity contribution in [3.05, 3.63) is 34.9 Å². The van der Waals surface area contributed by atoms with Gasteiger partial charge in [0, 0.05) is 0 Å². The minimum Gasteiger partial charge on any atom is -0.204 e. The number of hydrogen-bond acceptors (Lipinski definition) is 0. The standard InChI is InChI=1S/C9H6F4/c10-6-3-5(4-1-2-4)7(11)9(13)8(6)12/h3-4H,1-2H2. The average Bonchev–Trinajstić information content (AvgIpc) is 2.91. The van der Waals surface area contributed by atoms with Gasteiger partial charge in [-0.15, -0.1) is 0 Å². The van der Waals surface area contributed by atoms with Gasteiger partial charge in [0.2, 0.25) is 0 Å². The Balaban J connectivity index is 2.58. The Kier molecular flexibility index (Phi) is 1.78. The first-order valence-corrected chi connectivity index (χ1v) is 3.94. The molecule has 0 amide bonds. The number of rotatable bonds is 1. The fraction of sp³-hybridized carbons (Fsp3) is 0.333. The van der Waals surface area contributed by atoms with Crippen molar-refractivity contribution in [1.82, 2.24) is 0 Å². The maximum atomic E-state index is 13.0. The first-order chi connectivity index (χ1) is 6.11. The van der Waals surface area contributed by atoms with Crippen LogP contribution in [0.1, 0.15) is 24.3 Å². The van der Waals surface area contributed by atoms with E-state index in [4.69, 9.17) is 0 Å². The van der Waals surface area contributed by atoms with Gasteiger partial charge in [-0.2, -0.15) is 0 Å². The van der Waals surface area contributed by atoms with Crippen LogP contribution >= 0.6 is 0 Å². The normalized spacial score (nSPS) is 16.3. The summed E-state index contributed by atoms with van der Waals surface area (Å²) in [7, 11) is 0. The fourth-order valence-corrected chi connectivity index (χ4v) is 1.28. The van der Waals surface area contributed by atoms with Crippen LogP contribution in [0.3, 0.4) is 0 Å². The Labute approximate surface area is 72.2 Å². The van der Waals surface area contributed by atoms with Crippen molar-refractivity contribution in [1.29, 1.82) is 0 Å². The molecule has 1 fully saturated rings. The molecule has 4 heteroatoms. The molecule has 13 heavy (non-hydrogen) atoms. The molecule has 0 bridgehead atoms. The van der Waals surface area contributed by atoms with Crippen LogP contribution in [0.4, 0.5) is 17.6 Å². The summed E-state index contributed by atoms with van der Waals surface area (Å²) in [5.41, 5.74) is -0.0450. The summed E-state index contributed by atoms with van der Waals surface area (Å²) in [4.78, 5) is 0. The topological polar surface area (TPSA) is 0 Å². The summed E-state index contributed by atoms with van der Waals surface area (Å²) in [6.07, 6.45) is 1.42. The van der Waals surface area contributed by atoms with E-state index in [9.17, 15) is 17.6 Å². The van der Waals surface area contributed by atoms with Gasteiger partial charge in [0.15, 0.2) is 23.3 Å². The van der Waals surface area contributed by atoms with Crippen molar-refractivity contribution in [3.8, 4) is 0 Å². The van der Waals surface area contributed by atoms with Gasteiger partial charge in [-0.05, 0) is 30.4 Å². The molecule has 0 aromatic heterocycles. The van der Waals surface area contributed by atoms with Gasteiger partial charge < -0.3 is 0 Å². The molecule has 70 valence electrons. The summed E-state index contributed by atoms with van der Waals surface area (Å²) in [6, 6.07) is 0.741. The van der Waals surface area contributed by atoms with Crippen molar-refractivity contribution in [2.45, 2.75) is 18.8 Å². The maximum absolute atomic E-state index is 13.0. The Bertz CT molecular complexity index is 355. The second kappa shape index (κ2) is 2.72. The lowest BCUT2D eigenvalue weighted by Gasteiger charge is -2.03. The zero-order valence-corrected chi connectivity index (χ0v) is 6.58. The molecular formula is C9H6F4. The molecule has 0 heterocycles. The number of hydrogen-bond donors (Lipinski definition) is 0. The van der Waals surface area contributed by atoms with Gasteiger partial charge in [-0.1, -0.05) is 0 Å². The van der Waals surface area contributed by atoms with Crippen LogP contribution in [0, 0.1) is 23.3 Å². The lowest BCUT2D eigenvalue weighted by molar-refractivity contribution is 0.404. The van der Waals surface area contributed by atoms with Crippen molar-refractivity contribution in [3.63, 3.8) is 0 Å². The zero-order chi connectivity index (χ0) is 9.59. The third-order valence-electron chi connectivity index (χ3n) is 2.15. The third kappa shape index (κ3) is 1.30. The molecule has 1 saturated carbocycles. The molecule has 2 rings (SSSR count). The van der Waals surface area contributed by atoms with E-state index in [0.717, 1.165) is 6.07 Å². The quantitative estimate of drug-likeness (QED) is 0.362. The maximum Gasteiger partial charge on any atom is 0.197 e. The van der Waals surface area contributed by atoms with E-state index in [0.29, 0.717) is 12.8 Å². The SMILES string of the molecule is Fc1cc(C2CC2)c(F)c(F)c1F. The van der Waals surface area contributed by atoms with Gasteiger partial charge in [0.05, 0.1) is 0 Å². The summed E-state index contributed by atoms with van der Waals surface area (Å²) in [5.74, 6) is -6.14. The van der Waals surface area contributed by atoms with E-state index >= 15 is 0 Å². The van der Waals surface area contributed by atoms with E-state index in [1.54, 1.807) is 0 Å². The molecule has 1 aliphatic carbocycles. The Morgan fingerprint density at radius 1 is 0.923 bits per heavy atom. The highest BCUT2D eigenvalue weighted by Crippen LogP contribution is 2.42. The summed E-state index contributed by atoms with van der Waals surface area (Å²) in [5, 5.41) is 0. The molecular weight excluding hydrogens is 184 g/mol. The van der Waals surface area contributed by atoms with Gasteiger partial charge in [0.25, 0.3) is 0 Å². The molecule has 0 N–H and O–H groups in total. The highest BCUT2D eigenvalue weighted by atomic mass is 19.2. The largest absolute Gasteiger partial charge is 0.204 e. The Morgan fingerprint density at radius 3 is 2.08 bits per heavy atom. The van der Waals surface area contributed by atoms with Gasteiger partial charge in [-0.3, -0.25) is 0 Å². The molecule has 1 aliphatic rings. The van der Waals surface area contributed by atoms with E-state index in [-0.39, 0.29) is 11.5 Å². The number of halogens is 4. The molecule has 0 atom stereocenters. The molecule has 0 radical (unpaired) electrons. The number of benzene rings is 1. The molecule has 0 saturated heterocycles. The second-order valence-corrected chi connectivity index (χ2v) is 3.16. The van der Waals surface area contributed by atoms with Crippen molar-refractivity contribution < 1.29 is 17.6 Å². The lowest BCUT2D eigenvalue weighted by Crippen LogP contribution is -2.00. The molecule has 1 aromatic rings. The first-order valence-electron chi connectivity index (χ1n) is 3.94. The van der Waals surface area contributed by atoms with Crippen molar-refractivity contribution in [2.75, 3.05) is 0 Å². The monoisotopic (exact) mass is 190 g/mol. The van der Waals surface area contributed by atoms with Gasteiger partial charge in [-0.25, -0.2) is 17.6 Å². The van der Waals surface area contributed by atoms with E-state index < -0.39 is 23.3 Å². The molecule has 0 aliphatic heterocycles. The predicted molar refractivity (Wildman–Crippen MR) is 38.2 cm³/mol. The lowest BCUT2D eigenvalue weighted by atomic mass is 10.1. The molecule has 0 nitrogen and oxygen atoms in total. The van der Waals surface area contributed by atoms with Crippen LogP contribution in [0.2, 0.25) is 0 Å². The van der Waals surface area contributed by atoms with E-state index in [1.807, 2.05) is 0 Å². The highest BCUT2D eigenvalue weighted by Gasteiger charge is 2.30. The van der Waals surface area contributed by atoms with Crippen LogP contribution in [-0.2, 0) is 0 Å². The molecule has 1 aromatic carbocycles. The van der Waals surface area contributed by atoms with Crippen LogP contribution in [0.5, 0.6) is 0 Å². The van der Waals surface area contributed by atoms with Crippen LogP contribution in [0.15, 0.2) is 6.07 Å². The second-order valence-electron chi connectivity index (χ2n) is 3.16. The Hall–Kier alpha value is -1.06. The van der Waals surface area contributed by atoms with Crippen LogP contribution in [0.25, 0.3) is 0 Å². The minimum atomic E-state index is -1.73. The van der Waals surface area contributed by atoms with Crippen LogP contribution in [-0.4, -0.2) is 0 Å². The van der Waals surface area contributed by atoms with Crippen molar-refractivity contribution in [2.24, 2.45) is 0 Å². The van der Waals surface area contributed by atoms with Crippen molar-refractivity contribution >= 4 is 0 Å². The summed E-state index contributed by atoms with van der Waals surface area (Å²) < 4.78 is 50.7. The Morgan fingerprint density at radius 2 is 1.54 bits per heavy atom.